The van der Waals surface area contributed by atoms with Crippen LogP contribution in [-0.4, -0.2) is 33.7 Å². The summed E-state index contributed by atoms with van der Waals surface area (Å²) in [6.07, 6.45) is 1.76. The molecular weight excluding hydrogens is 262 g/mol. The summed E-state index contributed by atoms with van der Waals surface area (Å²) in [6.45, 7) is 1.93. The minimum atomic E-state index is -1.25. The summed E-state index contributed by atoms with van der Waals surface area (Å²) in [5, 5.41) is 21.1. The van der Waals surface area contributed by atoms with E-state index < -0.39 is 29.1 Å². The number of ketones is 2. The molecule has 106 valence electrons. The number of hydrogen-bond donors (Lipinski definition) is 3. The van der Waals surface area contributed by atoms with Crippen LogP contribution in [0.4, 0.5) is 0 Å². The third kappa shape index (κ3) is 2.36. The van der Waals surface area contributed by atoms with Gasteiger partial charge in [-0.15, -0.1) is 0 Å². The second-order valence-electron chi connectivity index (χ2n) is 4.72. The predicted molar refractivity (Wildman–Crippen MR) is 69.9 cm³/mol. The molecule has 0 aromatic heterocycles. The molecule has 0 heterocycles. The summed E-state index contributed by atoms with van der Waals surface area (Å²) >= 11 is 0. The molecule has 0 radical (unpaired) electrons. The van der Waals surface area contributed by atoms with Gasteiger partial charge in [-0.05, 0) is 18.6 Å². The fraction of sp³-hybridized carbons (Fsp3) is 0.357. The van der Waals surface area contributed by atoms with Crippen molar-refractivity contribution in [3.63, 3.8) is 0 Å². The maximum Gasteiger partial charge on any atom is 0.220 e. The molecule has 0 unspecified atom stereocenters. The summed E-state index contributed by atoms with van der Waals surface area (Å²) in [4.78, 5) is 35.7. The first-order valence-corrected chi connectivity index (χ1v) is 6.39. The van der Waals surface area contributed by atoms with Crippen LogP contribution >= 0.6 is 0 Å². The van der Waals surface area contributed by atoms with Crippen molar-refractivity contribution in [2.75, 3.05) is 0 Å². The third-order valence-electron chi connectivity index (χ3n) is 3.23. The van der Waals surface area contributed by atoms with Crippen LogP contribution in [0.5, 0.6) is 11.5 Å². The number of unbranched alkanes of at least 4 members (excludes halogenated alkanes) is 1. The lowest BCUT2D eigenvalue weighted by atomic mass is 10.1. The lowest BCUT2D eigenvalue weighted by molar-refractivity contribution is -0.121. The van der Waals surface area contributed by atoms with Crippen molar-refractivity contribution in [3.8, 4) is 11.5 Å². The van der Waals surface area contributed by atoms with E-state index in [1.54, 1.807) is 0 Å². The number of fused-ring (bicyclic) bond motifs is 1. The Labute approximate surface area is 115 Å². The molecule has 0 atom stereocenters. The van der Waals surface area contributed by atoms with Gasteiger partial charge in [0.2, 0.25) is 5.91 Å². The van der Waals surface area contributed by atoms with Gasteiger partial charge in [-0.2, -0.15) is 0 Å². The van der Waals surface area contributed by atoms with E-state index >= 15 is 0 Å². The van der Waals surface area contributed by atoms with E-state index in [0.29, 0.717) is 6.42 Å². The van der Waals surface area contributed by atoms with Crippen LogP contribution in [0.15, 0.2) is 12.1 Å². The maximum absolute atomic E-state index is 12.1. The minimum absolute atomic E-state index is 0.0195. The molecule has 0 spiro atoms. The number of phenolic OH excluding ortho intramolecular Hbond substituents is 2. The Morgan fingerprint density at radius 2 is 1.65 bits per heavy atom. The van der Waals surface area contributed by atoms with E-state index in [9.17, 15) is 24.6 Å². The number of phenols is 2. The summed E-state index contributed by atoms with van der Waals surface area (Å²) < 4.78 is 0. The van der Waals surface area contributed by atoms with Gasteiger partial charge in [0.05, 0.1) is 0 Å². The Kier molecular flexibility index (Phi) is 3.74. The molecule has 0 bridgehead atoms. The van der Waals surface area contributed by atoms with Crippen LogP contribution in [-0.2, 0) is 4.79 Å². The van der Waals surface area contributed by atoms with Crippen LogP contribution in [0.2, 0.25) is 0 Å². The van der Waals surface area contributed by atoms with Gasteiger partial charge in [-0.25, -0.2) is 0 Å². The Balaban J connectivity index is 2.22. The summed E-state index contributed by atoms with van der Waals surface area (Å²) in [6, 6.07) is 0.835. The monoisotopic (exact) mass is 277 g/mol. The van der Waals surface area contributed by atoms with Crippen molar-refractivity contribution < 1.29 is 24.6 Å². The predicted octanol–water partition coefficient (Wildman–Crippen LogP) is 1.15. The fourth-order valence-corrected chi connectivity index (χ4v) is 2.12. The average Bonchev–Trinajstić information content (AvgIpc) is 2.63. The number of carbonyl (C=O) groups is 3. The van der Waals surface area contributed by atoms with E-state index in [2.05, 4.69) is 5.32 Å². The highest BCUT2D eigenvalue weighted by Gasteiger charge is 2.40. The Bertz CT molecular complexity index is 552. The number of benzene rings is 1. The SMILES string of the molecule is CCCCC(=O)NC1C(=O)c2cc(O)c(O)cc2C1=O. The Morgan fingerprint density at radius 3 is 2.10 bits per heavy atom. The first-order valence-electron chi connectivity index (χ1n) is 6.39. The van der Waals surface area contributed by atoms with E-state index in [-0.39, 0.29) is 23.5 Å². The molecule has 1 aromatic rings. The first kappa shape index (κ1) is 14.0. The van der Waals surface area contributed by atoms with E-state index in [1.165, 1.54) is 0 Å². The number of amides is 1. The van der Waals surface area contributed by atoms with Crippen molar-refractivity contribution in [2.24, 2.45) is 0 Å². The number of rotatable bonds is 4. The van der Waals surface area contributed by atoms with Crippen molar-refractivity contribution in [1.29, 1.82) is 0 Å². The van der Waals surface area contributed by atoms with Crippen LogP contribution in [0.3, 0.4) is 0 Å². The largest absolute Gasteiger partial charge is 0.504 e. The molecule has 0 fully saturated rings. The molecule has 1 amide bonds. The Hall–Kier alpha value is -2.37. The zero-order valence-corrected chi connectivity index (χ0v) is 11.0. The van der Waals surface area contributed by atoms with Gasteiger partial charge < -0.3 is 15.5 Å². The molecule has 1 aliphatic carbocycles. The smallest absolute Gasteiger partial charge is 0.220 e. The lowest BCUT2D eigenvalue weighted by Crippen LogP contribution is -2.42. The van der Waals surface area contributed by atoms with Gasteiger partial charge in [-0.3, -0.25) is 14.4 Å². The molecule has 6 nitrogen and oxygen atoms in total. The standard InChI is InChI=1S/C14H15NO5/c1-2-3-4-11(18)15-12-13(19)7-5-9(16)10(17)6-8(7)14(12)20/h5-6,12,16-17H,2-4H2,1H3,(H,15,18). The number of carbonyl (C=O) groups excluding carboxylic acids is 3. The van der Waals surface area contributed by atoms with Crippen molar-refractivity contribution in [1.82, 2.24) is 5.32 Å². The van der Waals surface area contributed by atoms with Gasteiger partial charge in [0.25, 0.3) is 0 Å². The van der Waals surface area contributed by atoms with Crippen molar-refractivity contribution >= 4 is 17.5 Å². The van der Waals surface area contributed by atoms with Crippen molar-refractivity contribution in [2.45, 2.75) is 32.2 Å². The quantitative estimate of drug-likeness (QED) is 0.566. The molecule has 2 rings (SSSR count). The second-order valence-corrected chi connectivity index (χ2v) is 4.72. The molecular formula is C14H15NO5. The highest BCUT2D eigenvalue weighted by molar-refractivity contribution is 6.30. The molecule has 1 aromatic carbocycles. The number of Topliss-reactive ketones (excluding diaryl/α,β-unsaturated/α-hetero) is 2. The van der Waals surface area contributed by atoms with Crippen molar-refractivity contribution in [3.05, 3.63) is 23.3 Å². The van der Waals surface area contributed by atoms with Gasteiger partial charge in [0, 0.05) is 17.5 Å². The molecule has 20 heavy (non-hydrogen) atoms. The van der Waals surface area contributed by atoms with Crippen LogP contribution in [0, 0.1) is 0 Å². The summed E-state index contributed by atoms with van der Waals surface area (Å²) in [5.74, 6) is -2.43. The molecule has 0 saturated carbocycles. The molecule has 0 aliphatic heterocycles. The summed E-state index contributed by atoms with van der Waals surface area (Å²) in [7, 11) is 0. The Morgan fingerprint density at radius 1 is 1.15 bits per heavy atom. The van der Waals surface area contributed by atoms with Gasteiger partial charge in [0.1, 0.15) is 0 Å². The van der Waals surface area contributed by atoms with Gasteiger partial charge in [0.15, 0.2) is 29.1 Å². The zero-order valence-electron chi connectivity index (χ0n) is 11.0. The number of hydrogen-bond acceptors (Lipinski definition) is 5. The molecule has 3 N–H and O–H groups in total. The summed E-state index contributed by atoms with van der Waals surface area (Å²) in [5.41, 5.74) is 0.0391. The molecule has 6 heteroatoms. The van der Waals surface area contributed by atoms with Gasteiger partial charge in [-0.1, -0.05) is 13.3 Å². The highest BCUT2D eigenvalue weighted by atomic mass is 16.3. The van der Waals surface area contributed by atoms with Crippen LogP contribution < -0.4 is 5.32 Å². The fourth-order valence-electron chi connectivity index (χ4n) is 2.12. The molecule has 0 saturated heterocycles. The van der Waals surface area contributed by atoms with Crippen LogP contribution in [0.25, 0.3) is 0 Å². The third-order valence-corrected chi connectivity index (χ3v) is 3.23. The first-order chi connectivity index (χ1) is 9.45. The van der Waals surface area contributed by atoms with Gasteiger partial charge >= 0.3 is 0 Å². The molecule has 1 aliphatic rings. The second kappa shape index (κ2) is 5.32. The normalized spacial score (nSPS) is 14.4. The topological polar surface area (TPSA) is 104 Å². The number of nitrogens with one attached hydrogen (secondary N) is 1. The zero-order chi connectivity index (χ0) is 14.9. The maximum atomic E-state index is 12.1. The number of aromatic hydroxyl groups is 2. The average molecular weight is 277 g/mol. The van der Waals surface area contributed by atoms with E-state index in [1.807, 2.05) is 6.92 Å². The highest BCUT2D eigenvalue weighted by Crippen LogP contribution is 2.33. The van der Waals surface area contributed by atoms with E-state index in [0.717, 1.165) is 18.6 Å². The minimum Gasteiger partial charge on any atom is -0.504 e. The lowest BCUT2D eigenvalue weighted by Gasteiger charge is -2.09. The van der Waals surface area contributed by atoms with Crippen LogP contribution in [0.1, 0.15) is 46.9 Å². The van der Waals surface area contributed by atoms with E-state index in [4.69, 9.17) is 0 Å².